The van der Waals surface area contributed by atoms with Gasteiger partial charge in [0.25, 0.3) is 5.91 Å². The summed E-state index contributed by atoms with van der Waals surface area (Å²) in [7, 11) is 0. The summed E-state index contributed by atoms with van der Waals surface area (Å²) < 4.78 is 5.57. The molecular formula is C16H23NO4. The van der Waals surface area contributed by atoms with Gasteiger partial charge < -0.3 is 15.2 Å². The lowest BCUT2D eigenvalue weighted by Gasteiger charge is -2.19. The van der Waals surface area contributed by atoms with E-state index in [1.54, 1.807) is 31.2 Å². The first kappa shape index (κ1) is 17.0. The number of ether oxygens (including phenoxy) is 1. The third-order valence-electron chi connectivity index (χ3n) is 3.29. The number of carboxylic acids is 1. The second-order valence-corrected chi connectivity index (χ2v) is 5.00. The van der Waals surface area contributed by atoms with Gasteiger partial charge >= 0.3 is 5.97 Å². The molecule has 0 saturated carbocycles. The van der Waals surface area contributed by atoms with Crippen LogP contribution in [-0.4, -0.2) is 29.1 Å². The maximum Gasteiger partial charge on any atom is 0.307 e. The smallest absolute Gasteiger partial charge is 0.307 e. The topological polar surface area (TPSA) is 75.6 Å². The maximum absolute atomic E-state index is 12.0. The van der Waals surface area contributed by atoms with Gasteiger partial charge in [0.15, 0.2) is 6.10 Å². The highest BCUT2D eigenvalue weighted by Crippen LogP contribution is 2.14. The molecule has 5 nitrogen and oxygen atoms in total. The number of aliphatic carboxylic acids is 1. The molecule has 0 aromatic heterocycles. The quantitative estimate of drug-likeness (QED) is 0.771. The Balaban J connectivity index is 2.55. The summed E-state index contributed by atoms with van der Waals surface area (Å²) in [5.74, 6) is -0.462. The van der Waals surface area contributed by atoms with Crippen molar-refractivity contribution in [2.24, 2.45) is 0 Å². The second kappa shape index (κ2) is 8.29. The van der Waals surface area contributed by atoms with Gasteiger partial charge in [0.2, 0.25) is 0 Å². The second-order valence-electron chi connectivity index (χ2n) is 5.00. The van der Waals surface area contributed by atoms with Crippen LogP contribution >= 0.6 is 0 Å². The number of hydrogen-bond acceptors (Lipinski definition) is 3. The lowest BCUT2D eigenvalue weighted by atomic mass is 10.1. The van der Waals surface area contributed by atoms with Crippen molar-refractivity contribution in [3.8, 4) is 5.75 Å². The van der Waals surface area contributed by atoms with Crippen LogP contribution < -0.4 is 10.1 Å². The number of amides is 1. The van der Waals surface area contributed by atoms with Crippen molar-refractivity contribution < 1.29 is 19.4 Å². The fourth-order valence-corrected chi connectivity index (χ4v) is 1.93. The molecule has 1 amide bonds. The van der Waals surface area contributed by atoms with Crippen molar-refractivity contribution in [3.63, 3.8) is 0 Å². The number of rotatable bonds is 8. The third-order valence-corrected chi connectivity index (χ3v) is 3.29. The fraction of sp³-hybridized carbons (Fsp3) is 0.500. The number of carbonyl (C=O) groups excluding carboxylic acids is 1. The summed E-state index contributed by atoms with van der Waals surface area (Å²) in [5, 5.41) is 11.6. The highest BCUT2D eigenvalue weighted by molar-refractivity contribution is 5.81. The normalized spacial score (nSPS) is 12.0. The average molecular weight is 293 g/mol. The van der Waals surface area contributed by atoms with E-state index in [2.05, 4.69) is 5.32 Å². The Bertz CT molecular complexity index is 466. The molecule has 0 aliphatic heterocycles. The van der Waals surface area contributed by atoms with E-state index in [1.807, 2.05) is 13.8 Å². The zero-order valence-corrected chi connectivity index (χ0v) is 12.8. The Morgan fingerprint density at radius 1 is 1.19 bits per heavy atom. The summed E-state index contributed by atoms with van der Waals surface area (Å²) in [6.45, 7) is 5.76. The highest BCUT2D eigenvalue weighted by Gasteiger charge is 2.17. The molecule has 0 radical (unpaired) electrons. The highest BCUT2D eigenvalue weighted by atomic mass is 16.5. The summed E-state index contributed by atoms with van der Waals surface area (Å²) >= 11 is 0. The zero-order valence-electron chi connectivity index (χ0n) is 12.8. The predicted molar refractivity (Wildman–Crippen MR) is 80.4 cm³/mol. The predicted octanol–water partition coefficient (Wildman–Crippen LogP) is 2.39. The van der Waals surface area contributed by atoms with Gasteiger partial charge in [0.1, 0.15) is 5.75 Å². The molecule has 1 atom stereocenters. The minimum atomic E-state index is -0.874. The molecule has 2 N–H and O–H groups in total. The molecule has 0 spiro atoms. The first-order valence-corrected chi connectivity index (χ1v) is 7.24. The number of nitrogens with one attached hydrogen (secondary N) is 1. The van der Waals surface area contributed by atoms with Gasteiger partial charge in [-0.2, -0.15) is 0 Å². The Hall–Kier alpha value is -2.04. The zero-order chi connectivity index (χ0) is 15.8. The summed E-state index contributed by atoms with van der Waals surface area (Å²) in [4.78, 5) is 22.6. The molecule has 1 rings (SSSR count). The van der Waals surface area contributed by atoms with Crippen molar-refractivity contribution in [2.75, 3.05) is 0 Å². The Kier molecular flexibility index (Phi) is 6.72. The average Bonchev–Trinajstić information content (AvgIpc) is 2.45. The number of benzene rings is 1. The molecule has 21 heavy (non-hydrogen) atoms. The van der Waals surface area contributed by atoms with Crippen LogP contribution in [-0.2, 0) is 16.0 Å². The third kappa shape index (κ3) is 5.85. The van der Waals surface area contributed by atoms with E-state index in [1.165, 1.54) is 0 Å². The van der Waals surface area contributed by atoms with Crippen LogP contribution in [0.1, 0.15) is 39.2 Å². The molecule has 1 aromatic carbocycles. The van der Waals surface area contributed by atoms with Crippen LogP contribution in [0.25, 0.3) is 0 Å². The van der Waals surface area contributed by atoms with Gasteiger partial charge in [-0.1, -0.05) is 26.0 Å². The Morgan fingerprint density at radius 2 is 1.76 bits per heavy atom. The van der Waals surface area contributed by atoms with E-state index in [4.69, 9.17) is 9.84 Å². The first-order chi connectivity index (χ1) is 9.96. The van der Waals surface area contributed by atoms with E-state index in [-0.39, 0.29) is 18.4 Å². The Morgan fingerprint density at radius 3 is 2.24 bits per heavy atom. The number of carboxylic acid groups (broad SMARTS) is 1. The molecule has 5 heteroatoms. The van der Waals surface area contributed by atoms with Crippen molar-refractivity contribution in [2.45, 2.75) is 52.2 Å². The molecule has 0 aliphatic rings. The number of hydrogen-bond donors (Lipinski definition) is 2. The van der Waals surface area contributed by atoms with Gasteiger partial charge in [-0.3, -0.25) is 9.59 Å². The minimum Gasteiger partial charge on any atom is -0.481 e. The first-order valence-electron chi connectivity index (χ1n) is 7.24. The molecule has 0 heterocycles. The lowest BCUT2D eigenvalue weighted by molar-refractivity contribution is -0.136. The standard InChI is InChI=1S/C16H23NO4/c1-4-13(5-2)17-16(20)11(3)21-14-8-6-12(7-9-14)10-15(18)19/h6-9,11,13H,4-5,10H2,1-3H3,(H,17,20)(H,18,19). The monoisotopic (exact) mass is 293 g/mol. The van der Waals surface area contributed by atoms with Gasteiger partial charge in [0, 0.05) is 6.04 Å². The van der Waals surface area contributed by atoms with Crippen LogP contribution in [0.5, 0.6) is 5.75 Å². The van der Waals surface area contributed by atoms with Crippen molar-refractivity contribution in [3.05, 3.63) is 29.8 Å². The Labute approximate surface area is 125 Å². The molecule has 1 unspecified atom stereocenters. The van der Waals surface area contributed by atoms with Crippen LogP contribution in [0.3, 0.4) is 0 Å². The van der Waals surface area contributed by atoms with E-state index in [0.29, 0.717) is 11.3 Å². The summed E-state index contributed by atoms with van der Waals surface area (Å²) in [6, 6.07) is 6.91. The van der Waals surface area contributed by atoms with Crippen LogP contribution in [0.2, 0.25) is 0 Å². The SMILES string of the molecule is CCC(CC)NC(=O)C(C)Oc1ccc(CC(=O)O)cc1. The van der Waals surface area contributed by atoms with Crippen molar-refractivity contribution in [1.82, 2.24) is 5.32 Å². The van der Waals surface area contributed by atoms with Crippen LogP contribution in [0.4, 0.5) is 0 Å². The maximum atomic E-state index is 12.0. The molecule has 0 bridgehead atoms. The molecular weight excluding hydrogens is 270 g/mol. The largest absolute Gasteiger partial charge is 0.481 e. The minimum absolute atomic E-state index is 0.0228. The molecule has 0 aliphatic carbocycles. The van der Waals surface area contributed by atoms with E-state index >= 15 is 0 Å². The van der Waals surface area contributed by atoms with E-state index in [9.17, 15) is 9.59 Å². The summed E-state index contributed by atoms with van der Waals surface area (Å²) in [6.07, 6.45) is 1.17. The molecule has 1 aromatic rings. The number of carbonyl (C=O) groups is 2. The van der Waals surface area contributed by atoms with Gasteiger partial charge in [-0.15, -0.1) is 0 Å². The van der Waals surface area contributed by atoms with E-state index < -0.39 is 12.1 Å². The van der Waals surface area contributed by atoms with Gasteiger partial charge in [0.05, 0.1) is 6.42 Å². The lowest BCUT2D eigenvalue weighted by Crippen LogP contribution is -2.42. The van der Waals surface area contributed by atoms with Gasteiger partial charge in [-0.05, 0) is 37.5 Å². The fourth-order valence-electron chi connectivity index (χ4n) is 1.93. The molecule has 0 saturated heterocycles. The van der Waals surface area contributed by atoms with Crippen LogP contribution in [0, 0.1) is 0 Å². The summed E-state index contributed by atoms with van der Waals surface area (Å²) in [5.41, 5.74) is 0.698. The molecule has 116 valence electrons. The van der Waals surface area contributed by atoms with Gasteiger partial charge in [-0.25, -0.2) is 0 Å². The van der Waals surface area contributed by atoms with E-state index in [0.717, 1.165) is 12.8 Å². The molecule has 0 fully saturated rings. The van der Waals surface area contributed by atoms with Crippen molar-refractivity contribution in [1.29, 1.82) is 0 Å². The van der Waals surface area contributed by atoms with Crippen LogP contribution in [0.15, 0.2) is 24.3 Å². The van der Waals surface area contributed by atoms with Crippen molar-refractivity contribution >= 4 is 11.9 Å².